The van der Waals surface area contributed by atoms with Crippen LogP contribution in [-0.2, 0) is 14.0 Å². The third kappa shape index (κ3) is 6.11. The highest BCUT2D eigenvalue weighted by atomic mass is 28.4. The maximum absolute atomic E-state index is 12.1. The van der Waals surface area contributed by atoms with Crippen molar-refractivity contribution in [3.05, 3.63) is 72.8 Å². The van der Waals surface area contributed by atoms with Crippen molar-refractivity contribution in [3.8, 4) is 0 Å². The minimum atomic E-state index is -2.53. The number of rotatable bonds is 9. The molecule has 0 spiro atoms. The molecule has 1 aliphatic heterocycles. The molecule has 3 nitrogen and oxygen atoms in total. The molecule has 0 bridgehead atoms. The van der Waals surface area contributed by atoms with Gasteiger partial charge >= 0.3 is 0 Å². The van der Waals surface area contributed by atoms with Gasteiger partial charge in [-0.05, 0) is 53.6 Å². The van der Waals surface area contributed by atoms with E-state index in [0.29, 0.717) is 18.9 Å². The molecule has 33 heavy (non-hydrogen) atoms. The fraction of sp³-hybridized carbons (Fsp3) is 0.483. The first-order chi connectivity index (χ1) is 15.8. The number of ketones is 1. The van der Waals surface area contributed by atoms with E-state index >= 15 is 0 Å². The highest BCUT2D eigenvalue weighted by Gasteiger charge is 2.50. The van der Waals surface area contributed by atoms with Gasteiger partial charge in [-0.25, -0.2) is 0 Å². The molecule has 3 atom stereocenters. The first kappa shape index (κ1) is 25.6. The van der Waals surface area contributed by atoms with Crippen molar-refractivity contribution in [2.45, 2.75) is 77.5 Å². The summed E-state index contributed by atoms with van der Waals surface area (Å²) >= 11 is 0. The molecule has 178 valence electrons. The third-order valence-corrected chi connectivity index (χ3v) is 11.9. The van der Waals surface area contributed by atoms with Gasteiger partial charge in [0.2, 0.25) is 0 Å². The Balaban J connectivity index is 1.79. The summed E-state index contributed by atoms with van der Waals surface area (Å²) in [7, 11) is -2.53. The highest BCUT2D eigenvalue weighted by molar-refractivity contribution is 6.99. The molecule has 1 aliphatic rings. The first-order valence-electron chi connectivity index (χ1n) is 12.3. The largest absolute Gasteiger partial charge is 0.407 e. The molecule has 2 aromatic rings. The van der Waals surface area contributed by atoms with Crippen LogP contribution in [-0.4, -0.2) is 32.9 Å². The Morgan fingerprint density at radius 1 is 1.03 bits per heavy atom. The Morgan fingerprint density at radius 3 is 2.12 bits per heavy atom. The van der Waals surface area contributed by atoms with Crippen LogP contribution in [0.25, 0.3) is 0 Å². The monoisotopic (exact) mass is 464 g/mol. The maximum Gasteiger partial charge on any atom is 0.261 e. The third-order valence-electron chi connectivity index (χ3n) is 6.87. The lowest BCUT2D eigenvalue weighted by molar-refractivity contribution is -0.124. The van der Waals surface area contributed by atoms with Crippen molar-refractivity contribution < 1.29 is 14.0 Å². The fourth-order valence-electron chi connectivity index (χ4n) is 5.15. The lowest BCUT2D eigenvalue weighted by Gasteiger charge is -2.43. The first-order valence-corrected chi connectivity index (χ1v) is 14.2. The highest BCUT2D eigenvalue weighted by Crippen LogP contribution is 2.37. The minimum Gasteiger partial charge on any atom is -0.407 e. The summed E-state index contributed by atoms with van der Waals surface area (Å²) in [5.74, 6) is 0.625. The molecular formula is C29H40O3Si. The predicted octanol–water partition coefficient (Wildman–Crippen LogP) is 5.67. The molecular weight excluding hydrogens is 424 g/mol. The average Bonchev–Trinajstić information content (AvgIpc) is 2.79. The van der Waals surface area contributed by atoms with Crippen LogP contribution in [0.2, 0.25) is 5.04 Å². The number of hydrogen-bond donors (Lipinski definition) is 0. The quantitative estimate of drug-likeness (QED) is 0.354. The zero-order chi connectivity index (χ0) is 23.9. The zero-order valence-electron chi connectivity index (χ0n) is 20.9. The molecule has 0 amide bonds. The molecule has 0 radical (unpaired) electrons. The second kappa shape index (κ2) is 11.4. The van der Waals surface area contributed by atoms with E-state index in [1.807, 2.05) is 13.0 Å². The molecule has 0 N–H and O–H groups in total. The van der Waals surface area contributed by atoms with Crippen LogP contribution in [0.1, 0.15) is 60.3 Å². The molecule has 4 heteroatoms. The summed E-state index contributed by atoms with van der Waals surface area (Å²) in [4.78, 5) is 12.1. The number of ether oxygens (including phenoxy) is 1. The van der Waals surface area contributed by atoms with Gasteiger partial charge in [-0.1, -0.05) is 94.4 Å². The minimum absolute atomic E-state index is 0.0164. The lowest BCUT2D eigenvalue weighted by Crippen LogP contribution is -2.66. The van der Waals surface area contributed by atoms with Gasteiger partial charge in [-0.2, -0.15) is 0 Å². The molecule has 3 rings (SSSR count). The Hall–Kier alpha value is -2.01. The van der Waals surface area contributed by atoms with Crippen LogP contribution in [0, 0.1) is 5.92 Å². The van der Waals surface area contributed by atoms with Crippen LogP contribution in [0.4, 0.5) is 0 Å². The van der Waals surface area contributed by atoms with Crippen molar-refractivity contribution >= 4 is 24.5 Å². The van der Waals surface area contributed by atoms with Gasteiger partial charge in [-0.3, -0.25) is 4.79 Å². The van der Waals surface area contributed by atoms with Crippen LogP contribution in [0.3, 0.4) is 0 Å². The van der Waals surface area contributed by atoms with Crippen molar-refractivity contribution in [1.82, 2.24) is 0 Å². The van der Waals surface area contributed by atoms with Gasteiger partial charge in [0, 0.05) is 13.0 Å². The summed E-state index contributed by atoms with van der Waals surface area (Å²) in [6.07, 6.45) is 6.98. The molecule has 0 aliphatic carbocycles. The smallest absolute Gasteiger partial charge is 0.261 e. The molecule has 0 unspecified atom stereocenters. The molecule has 1 saturated heterocycles. The van der Waals surface area contributed by atoms with E-state index in [9.17, 15) is 4.79 Å². The Kier molecular flexibility index (Phi) is 8.86. The molecule has 1 fully saturated rings. The number of allylic oxidation sites excluding steroid dienone is 2. The van der Waals surface area contributed by atoms with Crippen molar-refractivity contribution in [2.75, 3.05) is 6.61 Å². The Labute approximate surface area is 201 Å². The van der Waals surface area contributed by atoms with Crippen LogP contribution in [0.5, 0.6) is 0 Å². The van der Waals surface area contributed by atoms with Crippen molar-refractivity contribution in [1.29, 1.82) is 0 Å². The second-order valence-electron chi connectivity index (χ2n) is 10.3. The Bertz CT molecular complexity index is 862. The zero-order valence-corrected chi connectivity index (χ0v) is 21.9. The van der Waals surface area contributed by atoms with Crippen LogP contribution >= 0.6 is 0 Å². The Morgan fingerprint density at radius 2 is 1.61 bits per heavy atom. The van der Waals surface area contributed by atoms with E-state index in [2.05, 4.69) is 88.4 Å². The average molecular weight is 465 g/mol. The second-order valence-corrected chi connectivity index (χ2v) is 14.6. The van der Waals surface area contributed by atoms with Crippen LogP contribution in [0.15, 0.2) is 72.8 Å². The maximum atomic E-state index is 12.1. The normalized spacial score (nSPS) is 21.9. The summed E-state index contributed by atoms with van der Waals surface area (Å²) in [6, 6.07) is 21.5. The van der Waals surface area contributed by atoms with Gasteiger partial charge in [-0.15, -0.1) is 0 Å². The summed E-state index contributed by atoms with van der Waals surface area (Å²) in [5, 5.41) is 2.57. The van der Waals surface area contributed by atoms with Gasteiger partial charge in [0.1, 0.15) is 0 Å². The number of benzene rings is 2. The van der Waals surface area contributed by atoms with E-state index < -0.39 is 8.32 Å². The molecule has 0 saturated carbocycles. The van der Waals surface area contributed by atoms with E-state index in [4.69, 9.17) is 9.16 Å². The van der Waals surface area contributed by atoms with E-state index in [1.54, 1.807) is 6.08 Å². The van der Waals surface area contributed by atoms with Crippen LogP contribution < -0.4 is 10.4 Å². The van der Waals surface area contributed by atoms with E-state index in [0.717, 1.165) is 19.3 Å². The predicted molar refractivity (Wildman–Crippen MR) is 140 cm³/mol. The standard InChI is InChI=1S/C29H40O3Si/c1-6-13-24(30)22-25-19-18-23(2)28(32-25)20-21-31-33(29(3,4)5,26-14-9-7-10-15-26)27-16-11-8-12-17-27/h6-17,23,25,28H,18-22H2,1-5H3/b13-6+/t23-,25+,28-/m1/s1. The number of carbonyl (C=O) groups is 1. The topological polar surface area (TPSA) is 35.5 Å². The van der Waals surface area contributed by atoms with Gasteiger partial charge in [0.15, 0.2) is 5.78 Å². The number of hydrogen-bond acceptors (Lipinski definition) is 3. The molecule has 1 heterocycles. The van der Waals surface area contributed by atoms with Gasteiger partial charge in [0.25, 0.3) is 8.32 Å². The van der Waals surface area contributed by atoms with Gasteiger partial charge < -0.3 is 9.16 Å². The SMILES string of the molecule is C/C=C/C(=O)C[C@@H]1CC[C@@H](C)[C@@H](CCO[Si](c2ccccc2)(c2ccccc2)C(C)(C)C)O1. The summed E-state index contributed by atoms with van der Waals surface area (Å²) in [5.41, 5.74) is 0. The summed E-state index contributed by atoms with van der Waals surface area (Å²) < 4.78 is 13.5. The lowest BCUT2D eigenvalue weighted by atomic mass is 9.90. The molecule has 2 aromatic carbocycles. The fourth-order valence-corrected chi connectivity index (χ4v) is 9.73. The van der Waals surface area contributed by atoms with E-state index in [1.165, 1.54) is 10.4 Å². The number of carbonyl (C=O) groups excluding carboxylic acids is 1. The van der Waals surface area contributed by atoms with Crippen molar-refractivity contribution in [3.63, 3.8) is 0 Å². The van der Waals surface area contributed by atoms with Gasteiger partial charge in [0.05, 0.1) is 12.2 Å². The van der Waals surface area contributed by atoms with E-state index in [-0.39, 0.29) is 23.0 Å². The molecule has 0 aromatic heterocycles. The van der Waals surface area contributed by atoms with Crippen molar-refractivity contribution in [2.24, 2.45) is 5.92 Å². The summed E-state index contributed by atoms with van der Waals surface area (Å²) in [6.45, 7) is 11.7.